The average Bonchev–Trinajstić information content (AvgIpc) is 2.39. The summed E-state index contributed by atoms with van der Waals surface area (Å²) in [5.74, 6) is 0.772. The molecule has 1 nitrogen and oxygen atoms in total. The molecule has 0 bridgehead atoms. The van der Waals surface area contributed by atoms with Gasteiger partial charge >= 0.3 is 0 Å². The van der Waals surface area contributed by atoms with Crippen LogP contribution in [0.4, 0.5) is 0 Å². The molecule has 18 heavy (non-hydrogen) atoms. The molecule has 1 aromatic carbocycles. The molecule has 0 radical (unpaired) electrons. The highest BCUT2D eigenvalue weighted by molar-refractivity contribution is 5.64. The van der Waals surface area contributed by atoms with Crippen LogP contribution in [-0.4, -0.2) is 11.2 Å². The van der Waals surface area contributed by atoms with Gasteiger partial charge in [-0.15, -0.1) is 0 Å². The largest absolute Gasteiger partial charge is 0.389 e. The molecule has 1 atom stereocenters. The van der Waals surface area contributed by atoms with Gasteiger partial charge in [0.15, 0.2) is 0 Å². The number of rotatable bonds is 3. The van der Waals surface area contributed by atoms with E-state index < -0.39 is 0 Å². The van der Waals surface area contributed by atoms with Gasteiger partial charge < -0.3 is 5.11 Å². The van der Waals surface area contributed by atoms with Crippen LogP contribution in [0.3, 0.4) is 0 Å². The van der Waals surface area contributed by atoms with Crippen molar-refractivity contribution >= 4 is 5.57 Å². The van der Waals surface area contributed by atoms with Crippen molar-refractivity contribution in [3.63, 3.8) is 0 Å². The Bertz CT molecular complexity index is 394. The monoisotopic (exact) mass is 244 g/mol. The van der Waals surface area contributed by atoms with Crippen LogP contribution >= 0.6 is 0 Å². The molecule has 0 aromatic heterocycles. The third kappa shape index (κ3) is 3.46. The fraction of sp³-hybridized carbons (Fsp3) is 0.529. The van der Waals surface area contributed by atoms with Crippen LogP contribution in [0.15, 0.2) is 30.3 Å². The van der Waals surface area contributed by atoms with Crippen molar-refractivity contribution in [2.45, 2.75) is 58.0 Å². The number of hydrogen-bond acceptors (Lipinski definition) is 1. The van der Waals surface area contributed by atoms with Gasteiger partial charge in [-0.3, -0.25) is 0 Å². The highest BCUT2D eigenvalue weighted by Gasteiger charge is 2.15. The summed E-state index contributed by atoms with van der Waals surface area (Å²) in [5.41, 5.74) is 3.86. The Balaban J connectivity index is 2.09. The lowest BCUT2D eigenvalue weighted by Gasteiger charge is -2.22. The van der Waals surface area contributed by atoms with E-state index in [1.807, 2.05) is 6.08 Å². The van der Waals surface area contributed by atoms with E-state index in [0.29, 0.717) is 0 Å². The Morgan fingerprint density at radius 1 is 1.17 bits per heavy atom. The first-order valence-electron chi connectivity index (χ1n) is 7.13. The molecule has 2 rings (SSSR count). The molecular weight excluding hydrogens is 220 g/mol. The summed E-state index contributed by atoms with van der Waals surface area (Å²) in [7, 11) is 0. The van der Waals surface area contributed by atoms with Crippen LogP contribution in [-0.2, 0) is 0 Å². The van der Waals surface area contributed by atoms with Crippen molar-refractivity contribution in [3.05, 3.63) is 41.5 Å². The average molecular weight is 244 g/mol. The normalized spacial score (nSPS) is 19.8. The van der Waals surface area contributed by atoms with Crippen LogP contribution in [0.25, 0.3) is 5.57 Å². The Morgan fingerprint density at radius 3 is 2.33 bits per heavy atom. The van der Waals surface area contributed by atoms with E-state index in [2.05, 4.69) is 31.2 Å². The van der Waals surface area contributed by atoms with Crippen molar-refractivity contribution in [1.82, 2.24) is 0 Å². The van der Waals surface area contributed by atoms with E-state index >= 15 is 0 Å². The number of allylic oxidation sites excluding steroid dienone is 1. The molecule has 0 saturated heterocycles. The molecule has 0 spiro atoms. The summed E-state index contributed by atoms with van der Waals surface area (Å²) in [5, 5.41) is 9.37. The molecule has 1 aliphatic carbocycles. The van der Waals surface area contributed by atoms with Crippen LogP contribution in [0.5, 0.6) is 0 Å². The highest BCUT2D eigenvalue weighted by atomic mass is 16.3. The van der Waals surface area contributed by atoms with Crippen molar-refractivity contribution < 1.29 is 5.11 Å². The summed E-state index contributed by atoms with van der Waals surface area (Å²) < 4.78 is 0. The number of aliphatic hydroxyl groups is 1. The summed E-state index contributed by atoms with van der Waals surface area (Å²) >= 11 is 0. The topological polar surface area (TPSA) is 20.2 Å². The number of hydrogen-bond donors (Lipinski definition) is 1. The zero-order valence-corrected chi connectivity index (χ0v) is 11.5. The fourth-order valence-corrected chi connectivity index (χ4v) is 2.91. The zero-order chi connectivity index (χ0) is 13.0. The van der Waals surface area contributed by atoms with Gasteiger partial charge in [-0.1, -0.05) is 49.6 Å². The van der Waals surface area contributed by atoms with E-state index in [-0.39, 0.29) is 6.10 Å². The maximum Gasteiger partial charge on any atom is 0.0698 e. The third-order valence-electron chi connectivity index (χ3n) is 3.93. The van der Waals surface area contributed by atoms with Gasteiger partial charge in [-0.2, -0.15) is 0 Å². The second kappa shape index (κ2) is 6.19. The fourth-order valence-electron chi connectivity index (χ4n) is 2.91. The first-order chi connectivity index (χ1) is 8.66. The molecule has 0 aliphatic heterocycles. The van der Waals surface area contributed by atoms with Crippen molar-refractivity contribution in [2.75, 3.05) is 0 Å². The zero-order valence-electron chi connectivity index (χ0n) is 11.5. The minimum absolute atomic E-state index is 0.372. The minimum Gasteiger partial charge on any atom is -0.389 e. The Hall–Kier alpha value is -1.08. The maximum atomic E-state index is 9.37. The Kier molecular flexibility index (Phi) is 4.60. The van der Waals surface area contributed by atoms with Crippen molar-refractivity contribution in [2.24, 2.45) is 0 Å². The van der Waals surface area contributed by atoms with Gasteiger partial charge in [0.2, 0.25) is 0 Å². The van der Waals surface area contributed by atoms with E-state index in [0.717, 1.165) is 11.5 Å². The van der Waals surface area contributed by atoms with Gasteiger partial charge in [0, 0.05) is 0 Å². The summed E-state index contributed by atoms with van der Waals surface area (Å²) in [4.78, 5) is 0. The van der Waals surface area contributed by atoms with Gasteiger partial charge in [-0.05, 0) is 49.3 Å². The molecule has 1 heteroatoms. The van der Waals surface area contributed by atoms with E-state index in [4.69, 9.17) is 0 Å². The van der Waals surface area contributed by atoms with Crippen LogP contribution in [0.2, 0.25) is 0 Å². The van der Waals surface area contributed by atoms with E-state index in [1.54, 1.807) is 6.92 Å². The molecule has 1 aliphatic rings. The molecule has 98 valence electrons. The van der Waals surface area contributed by atoms with E-state index in [9.17, 15) is 5.11 Å². The second-order valence-electron chi connectivity index (χ2n) is 5.55. The van der Waals surface area contributed by atoms with Gasteiger partial charge in [-0.25, -0.2) is 0 Å². The lowest BCUT2D eigenvalue weighted by molar-refractivity contribution is 0.244. The molecule has 1 saturated carbocycles. The van der Waals surface area contributed by atoms with Gasteiger partial charge in [0.25, 0.3) is 0 Å². The van der Waals surface area contributed by atoms with Gasteiger partial charge in [0.05, 0.1) is 6.10 Å². The van der Waals surface area contributed by atoms with Crippen LogP contribution < -0.4 is 0 Å². The lowest BCUT2D eigenvalue weighted by Crippen LogP contribution is -2.04. The predicted octanol–water partition coefficient (Wildman–Crippen LogP) is 4.52. The summed E-state index contributed by atoms with van der Waals surface area (Å²) in [6.45, 7) is 3.85. The Labute approximate surface area is 111 Å². The van der Waals surface area contributed by atoms with Crippen LogP contribution in [0, 0.1) is 0 Å². The summed E-state index contributed by atoms with van der Waals surface area (Å²) in [6, 6.07) is 8.92. The maximum absolute atomic E-state index is 9.37. The quantitative estimate of drug-likeness (QED) is 0.829. The smallest absolute Gasteiger partial charge is 0.0698 e. The SMILES string of the molecule is C/C(=C/C(C)O)c1ccc(C2CCCCC2)cc1. The number of benzene rings is 1. The van der Waals surface area contributed by atoms with E-state index in [1.165, 1.54) is 43.2 Å². The molecule has 1 fully saturated rings. The standard InChI is InChI=1S/C17H24O/c1-13(12-14(2)18)15-8-10-17(11-9-15)16-6-4-3-5-7-16/h8-12,14,16,18H,3-7H2,1-2H3/b13-12-. The van der Waals surface area contributed by atoms with Crippen molar-refractivity contribution in [3.8, 4) is 0 Å². The van der Waals surface area contributed by atoms with Crippen LogP contribution in [0.1, 0.15) is 63.0 Å². The Morgan fingerprint density at radius 2 is 1.78 bits per heavy atom. The molecule has 1 N–H and O–H groups in total. The highest BCUT2D eigenvalue weighted by Crippen LogP contribution is 2.33. The molecule has 0 amide bonds. The molecule has 1 aromatic rings. The second-order valence-corrected chi connectivity index (χ2v) is 5.55. The minimum atomic E-state index is -0.372. The molecular formula is C17H24O. The molecule has 0 heterocycles. The van der Waals surface area contributed by atoms with Gasteiger partial charge in [0.1, 0.15) is 0 Å². The lowest BCUT2D eigenvalue weighted by atomic mass is 9.84. The first kappa shape index (κ1) is 13.4. The summed E-state index contributed by atoms with van der Waals surface area (Å²) in [6.07, 6.45) is 8.40. The van der Waals surface area contributed by atoms with Crippen molar-refractivity contribution in [1.29, 1.82) is 0 Å². The molecule has 1 unspecified atom stereocenters. The predicted molar refractivity (Wildman–Crippen MR) is 77.6 cm³/mol. The number of aliphatic hydroxyl groups excluding tert-OH is 1. The first-order valence-corrected chi connectivity index (χ1v) is 7.13. The third-order valence-corrected chi connectivity index (χ3v) is 3.93.